The maximum absolute atomic E-state index is 10.6. The maximum atomic E-state index is 10.6. The van der Waals surface area contributed by atoms with E-state index in [0.717, 1.165) is 0 Å². The van der Waals surface area contributed by atoms with Crippen molar-refractivity contribution in [2.24, 2.45) is 0 Å². The molecule has 0 rings (SSSR count). The fourth-order valence-electron chi connectivity index (χ4n) is 0.225. The van der Waals surface area contributed by atoms with Crippen molar-refractivity contribution in [1.29, 1.82) is 5.26 Å². The van der Waals surface area contributed by atoms with Gasteiger partial charge in [0.2, 0.25) is 4.33 Å². The van der Waals surface area contributed by atoms with Gasteiger partial charge in [-0.25, -0.2) is 4.79 Å². The van der Waals surface area contributed by atoms with E-state index in [9.17, 15) is 4.79 Å². The average Bonchev–Trinajstić information content (AvgIpc) is 1.80. The van der Waals surface area contributed by atoms with Gasteiger partial charge in [0.15, 0.2) is 6.61 Å². The van der Waals surface area contributed by atoms with E-state index >= 15 is 0 Å². The molecule has 0 saturated heterocycles. The van der Waals surface area contributed by atoms with Crippen LogP contribution in [-0.4, -0.2) is 16.9 Å². The molecule has 0 heterocycles. The summed E-state index contributed by atoms with van der Waals surface area (Å²) in [5.74, 6) is -0.808. The van der Waals surface area contributed by atoms with Gasteiger partial charge in [-0.2, -0.15) is 5.26 Å². The smallest absolute Gasteiger partial charge is 0.343 e. The van der Waals surface area contributed by atoms with Crippen molar-refractivity contribution in [1.82, 2.24) is 0 Å². The molecule has 0 aromatic heterocycles. The zero-order valence-corrected chi connectivity index (χ0v) is 6.74. The summed E-state index contributed by atoms with van der Waals surface area (Å²) in [6, 6.07) is 1.61. The SMILES string of the molecule is CC(Cl)(Cl)C(=O)OCC#N. The highest BCUT2D eigenvalue weighted by atomic mass is 35.5. The number of ether oxygens (including phenoxy) is 1. The third-order valence-electron chi connectivity index (χ3n) is 0.626. The number of hydrogen-bond donors (Lipinski definition) is 0. The molecule has 0 bridgehead atoms. The highest BCUT2D eigenvalue weighted by Crippen LogP contribution is 2.20. The Morgan fingerprint density at radius 1 is 1.80 bits per heavy atom. The van der Waals surface area contributed by atoms with Crippen molar-refractivity contribution in [3.8, 4) is 6.07 Å². The number of alkyl halides is 2. The summed E-state index contributed by atoms with van der Waals surface area (Å²) in [7, 11) is 0. The Bertz CT molecular complexity index is 167. The standard InChI is InChI=1S/C5H5Cl2NO2/c1-5(6,7)4(9)10-3-2-8/h3H2,1H3. The summed E-state index contributed by atoms with van der Waals surface area (Å²) < 4.78 is 2.73. The molecular formula is C5H5Cl2NO2. The minimum Gasteiger partial charge on any atom is -0.448 e. The van der Waals surface area contributed by atoms with E-state index < -0.39 is 10.3 Å². The van der Waals surface area contributed by atoms with Gasteiger partial charge in [-0.15, -0.1) is 0 Å². The molecule has 0 fully saturated rings. The van der Waals surface area contributed by atoms with E-state index in [1.807, 2.05) is 0 Å². The molecule has 0 aromatic rings. The van der Waals surface area contributed by atoms with E-state index in [0.29, 0.717) is 0 Å². The maximum Gasteiger partial charge on any atom is 0.343 e. The van der Waals surface area contributed by atoms with Crippen LogP contribution in [0.1, 0.15) is 6.92 Å². The molecule has 0 amide bonds. The van der Waals surface area contributed by atoms with Crippen LogP contribution >= 0.6 is 23.2 Å². The van der Waals surface area contributed by atoms with Gasteiger partial charge in [-0.1, -0.05) is 23.2 Å². The number of carbonyl (C=O) groups is 1. The Kier molecular flexibility index (Phi) is 3.48. The van der Waals surface area contributed by atoms with Crippen molar-refractivity contribution in [2.45, 2.75) is 11.3 Å². The monoisotopic (exact) mass is 181 g/mol. The zero-order chi connectivity index (χ0) is 8.20. The van der Waals surface area contributed by atoms with Gasteiger partial charge in [0.25, 0.3) is 0 Å². The molecule has 0 aliphatic heterocycles. The molecule has 0 atom stereocenters. The third kappa shape index (κ3) is 3.54. The van der Waals surface area contributed by atoms with Crippen LogP contribution in [0.2, 0.25) is 0 Å². The number of carbonyl (C=O) groups excluding carboxylic acids is 1. The number of nitriles is 1. The predicted octanol–water partition coefficient (Wildman–Crippen LogP) is 1.25. The lowest BCUT2D eigenvalue weighted by Crippen LogP contribution is -2.24. The number of esters is 1. The Hall–Kier alpha value is -0.460. The Morgan fingerprint density at radius 2 is 2.30 bits per heavy atom. The summed E-state index contributed by atoms with van der Waals surface area (Å²) in [6.07, 6.45) is 0. The lowest BCUT2D eigenvalue weighted by Gasteiger charge is -2.09. The first-order valence-electron chi connectivity index (χ1n) is 2.40. The largest absolute Gasteiger partial charge is 0.448 e. The van der Waals surface area contributed by atoms with Crippen LogP contribution in [-0.2, 0) is 9.53 Å². The van der Waals surface area contributed by atoms with Gasteiger partial charge in [0, 0.05) is 0 Å². The second-order valence-corrected chi connectivity index (χ2v) is 3.33. The van der Waals surface area contributed by atoms with Gasteiger partial charge < -0.3 is 4.74 Å². The van der Waals surface area contributed by atoms with Crippen LogP contribution in [0.5, 0.6) is 0 Å². The topological polar surface area (TPSA) is 50.1 Å². The van der Waals surface area contributed by atoms with Crippen molar-refractivity contribution < 1.29 is 9.53 Å². The van der Waals surface area contributed by atoms with Crippen LogP contribution < -0.4 is 0 Å². The van der Waals surface area contributed by atoms with Gasteiger partial charge in [0.1, 0.15) is 6.07 Å². The molecule has 10 heavy (non-hydrogen) atoms. The van der Waals surface area contributed by atoms with Gasteiger partial charge >= 0.3 is 5.97 Å². The second kappa shape index (κ2) is 3.65. The van der Waals surface area contributed by atoms with Gasteiger partial charge in [-0.05, 0) is 6.92 Å². The number of hydrogen-bond acceptors (Lipinski definition) is 3. The van der Waals surface area contributed by atoms with E-state index in [1.165, 1.54) is 6.92 Å². The van der Waals surface area contributed by atoms with Crippen LogP contribution in [0.15, 0.2) is 0 Å². The molecule has 0 N–H and O–H groups in total. The minimum absolute atomic E-state index is 0.326. The van der Waals surface area contributed by atoms with E-state index in [4.69, 9.17) is 28.5 Å². The quantitative estimate of drug-likeness (QED) is 0.476. The number of nitrogens with zero attached hydrogens (tertiary/aromatic N) is 1. The summed E-state index contributed by atoms with van der Waals surface area (Å²) in [5, 5.41) is 7.97. The van der Waals surface area contributed by atoms with Crippen LogP contribution in [0.25, 0.3) is 0 Å². The van der Waals surface area contributed by atoms with Crippen molar-refractivity contribution in [3.63, 3.8) is 0 Å². The molecule has 0 aromatic carbocycles. The fourth-order valence-corrected chi connectivity index (χ4v) is 0.334. The Morgan fingerprint density at radius 3 is 2.60 bits per heavy atom. The van der Waals surface area contributed by atoms with Crippen LogP contribution in [0.3, 0.4) is 0 Å². The molecule has 0 saturated carbocycles. The first kappa shape index (κ1) is 9.54. The normalized spacial score (nSPS) is 10.2. The van der Waals surface area contributed by atoms with Gasteiger partial charge in [0.05, 0.1) is 0 Å². The molecule has 0 radical (unpaired) electrons. The Balaban J connectivity index is 3.78. The molecular weight excluding hydrogens is 177 g/mol. The average molecular weight is 182 g/mol. The van der Waals surface area contributed by atoms with Crippen molar-refractivity contribution in [2.75, 3.05) is 6.61 Å². The fraction of sp³-hybridized carbons (Fsp3) is 0.600. The van der Waals surface area contributed by atoms with Gasteiger partial charge in [-0.3, -0.25) is 0 Å². The van der Waals surface area contributed by atoms with Crippen LogP contribution in [0, 0.1) is 11.3 Å². The summed E-state index contributed by atoms with van der Waals surface area (Å²) in [5.41, 5.74) is 0. The lowest BCUT2D eigenvalue weighted by atomic mass is 10.5. The molecule has 0 spiro atoms. The summed E-state index contributed by atoms with van der Waals surface area (Å²) in [6.45, 7) is 0.948. The first-order valence-corrected chi connectivity index (χ1v) is 3.16. The minimum atomic E-state index is -1.56. The molecule has 56 valence electrons. The van der Waals surface area contributed by atoms with E-state index in [-0.39, 0.29) is 6.61 Å². The van der Waals surface area contributed by atoms with E-state index in [2.05, 4.69) is 4.74 Å². The Labute approximate surface area is 68.5 Å². The summed E-state index contributed by atoms with van der Waals surface area (Å²) in [4.78, 5) is 10.6. The molecule has 5 heteroatoms. The zero-order valence-electron chi connectivity index (χ0n) is 5.23. The highest BCUT2D eigenvalue weighted by molar-refractivity contribution is 6.57. The third-order valence-corrected chi connectivity index (χ3v) is 0.935. The second-order valence-electron chi connectivity index (χ2n) is 1.62. The molecule has 0 unspecified atom stereocenters. The molecule has 0 aliphatic rings. The number of halogens is 2. The van der Waals surface area contributed by atoms with Crippen molar-refractivity contribution >= 4 is 29.2 Å². The highest BCUT2D eigenvalue weighted by Gasteiger charge is 2.28. The number of rotatable bonds is 2. The predicted molar refractivity (Wildman–Crippen MR) is 36.7 cm³/mol. The van der Waals surface area contributed by atoms with E-state index in [1.54, 1.807) is 6.07 Å². The lowest BCUT2D eigenvalue weighted by molar-refractivity contribution is -0.142. The van der Waals surface area contributed by atoms with Crippen molar-refractivity contribution in [3.05, 3.63) is 0 Å². The van der Waals surface area contributed by atoms with Crippen LogP contribution in [0.4, 0.5) is 0 Å². The molecule has 3 nitrogen and oxygen atoms in total. The molecule has 0 aliphatic carbocycles. The summed E-state index contributed by atoms with van der Waals surface area (Å²) >= 11 is 10.6. The first-order chi connectivity index (χ1) is 4.48.